The maximum Gasteiger partial charge on any atom is 0.320 e. The van der Waals surface area contributed by atoms with Crippen LogP contribution in [-0.2, 0) is 4.74 Å². The van der Waals surface area contributed by atoms with Gasteiger partial charge in [-0.25, -0.2) is 4.79 Å². The van der Waals surface area contributed by atoms with Crippen molar-refractivity contribution in [1.29, 1.82) is 0 Å². The van der Waals surface area contributed by atoms with Crippen LogP contribution < -0.4 is 4.74 Å². The van der Waals surface area contributed by atoms with Crippen molar-refractivity contribution < 1.29 is 14.3 Å². The van der Waals surface area contributed by atoms with Crippen LogP contribution in [0.5, 0.6) is 5.75 Å². The Morgan fingerprint density at radius 1 is 1.00 bits per heavy atom. The smallest absolute Gasteiger partial charge is 0.320 e. The van der Waals surface area contributed by atoms with E-state index < -0.39 is 0 Å². The van der Waals surface area contributed by atoms with E-state index in [4.69, 9.17) is 9.47 Å². The number of nitrogens with zero attached hydrogens (tertiary/aromatic N) is 3. The Kier molecular flexibility index (Phi) is 6.95. The standard InChI is InChI=1S/C24H35N3O3/c1-19(2)25-13-9-23(10-14-25)30-22-5-3-20(4-6-22)21-7-11-26(12-8-21)24(28)27-15-17-29-18-16-27/h3-7,19,23H,8-18H2,1-2H3. The summed E-state index contributed by atoms with van der Waals surface area (Å²) >= 11 is 0. The summed E-state index contributed by atoms with van der Waals surface area (Å²) in [5.74, 6) is 0.960. The molecule has 0 unspecified atom stereocenters. The molecule has 1 aromatic carbocycles. The molecule has 2 amide bonds. The molecule has 0 aromatic heterocycles. The maximum absolute atomic E-state index is 12.6. The molecule has 3 aliphatic rings. The highest BCUT2D eigenvalue weighted by molar-refractivity contribution is 5.77. The summed E-state index contributed by atoms with van der Waals surface area (Å²) in [6.07, 6.45) is 5.60. The Morgan fingerprint density at radius 3 is 2.30 bits per heavy atom. The van der Waals surface area contributed by atoms with Crippen molar-refractivity contribution in [3.05, 3.63) is 35.9 Å². The van der Waals surface area contributed by atoms with E-state index in [1.54, 1.807) is 0 Å². The zero-order valence-corrected chi connectivity index (χ0v) is 18.4. The van der Waals surface area contributed by atoms with Crippen LogP contribution in [0.3, 0.4) is 0 Å². The predicted octanol–water partition coefficient (Wildman–Crippen LogP) is 3.48. The third kappa shape index (κ3) is 5.16. The molecule has 0 N–H and O–H groups in total. The molecule has 4 rings (SSSR count). The molecule has 2 fully saturated rings. The van der Waals surface area contributed by atoms with Crippen molar-refractivity contribution in [3.8, 4) is 5.75 Å². The van der Waals surface area contributed by atoms with Crippen molar-refractivity contribution >= 4 is 11.6 Å². The van der Waals surface area contributed by atoms with Gasteiger partial charge in [-0.1, -0.05) is 18.2 Å². The Morgan fingerprint density at radius 2 is 1.70 bits per heavy atom. The molecule has 3 aliphatic heterocycles. The number of hydrogen-bond donors (Lipinski definition) is 0. The number of amides is 2. The number of likely N-dealkylation sites (tertiary alicyclic amines) is 1. The van der Waals surface area contributed by atoms with Crippen LogP contribution in [0.4, 0.5) is 4.79 Å². The lowest BCUT2D eigenvalue weighted by Gasteiger charge is -2.35. The molecule has 6 nitrogen and oxygen atoms in total. The van der Waals surface area contributed by atoms with Gasteiger partial charge in [0.05, 0.1) is 13.2 Å². The summed E-state index contributed by atoms with van der Waals surface area (Å²) in [5.41, 5.74) is 2.55. The first-order valence-electron chi connectivity index (χ1n) is 11.4. The van der Waals surface area contributed by atoms with Crippen molar-refractivity contribution in [3.63, 3.8) is 0 Å². The number of hydrogen-bond acceptors (Lipinski definition) is 4. The monoisotopic (exact) mass is 413 g/mol. The van der Waals surface area contributed by atoms with Gasteiger partial charge in [0.25, 0.3) is 0 Å². The molecule has 0 atom stereocenters. The lowest BCUT2D eigenvalue weighted by Crippen LogP contribution is -2.49. The van der Waals surface area contributed by atoms with Crippen molar-refractivity contribution in [1.82, 2.24) is 14.7 Å². The van der Waals surface area contributed by atoms with Gasteiger partial charge in [0, 0.05) is 45.3 Å². The zero-order valence-electron chi connectivity index (χ0n) is 18.4. The average Bonchev–Trinajstić information content (AvgIpc) is 2.80. The van der Waals surface area contributed by atoms with Crippen LogP contribution in [-0.4, -0.2) is 85.4 Å². The summed E-state index contributed by atoms with van der Waals surface area (Å²) in [6, 6.07) is 9.26. The first kappa shape index (κ1) is 21.2. The number of carbonyl (C=O) groups is 1. The number of piperidine rings is 1. The second kappa shape index (κ2) is 9.84. The van der Waals surface area contributed by atoms with E-state index in [0.29, 0.717) is 45.0 Å². The maximum atomic E-state index is 12.6. The quantitative estimate of drug-likeness (QED) is 0.758. The third-order valence-electron chi connectivity index (χ3n) is 6.50. The first-order valence-corrected chi connectivity index (χ1v) is 11.4. The highest BCUT2D eigenvalue weighted by Crippen LogP contribution is 2.26. The van der Waals surface area contributed by atoms with Gasteiger partial charge in [0.15, 0.2) is 0 Å². The average molecular weight is 414 g/mol. The zero-order chi connectivity index (χ0) is 20.9. The second-order valence-corrected chi connectivity index (χ2v) is 8.78. The molecule has 3 heterocycles. The Bertz CT molecular complexity index is 733. The van der Waals surface area contributed by atoms with Crippen LogP contribution in [0, 0.1) is 0 Å². The lowest BCUT2D eigenvalue weighted by atomic mass is 9.99. The lowest BCUT2D eigenvalue weighted by molar-refractivity contribution is 0.0441. The van der Waals surface area contributed by atoms with E-state index in [1.807, 2.05) is 9.80 Å². The van der Waals surface area contributed by atoms with Crippen molar-refractivity contribution in [2.24, 2.45) is 0 Å². The van der Waals surface area contributed by atoms with Crippen molar-refractivity contribution in [2.45, 2.75) is 45.3 Å². The molecule has 164 valence electrons. The van der Waals surface area contributed by atoms with Gasteiger partial charge >= 0.3 is 6.03 Å². The SMILES string of the molecule is CC(C)N1CCC(Oc2ccc(C3=CCN(C(=O)N4CCOCC4)CC3)cc2)CC1. The molecular weight excluding hydrogens is 378 g/mol. The van der Waals surface area contributed by atoms with E-state index in [2.05, 4.69) is 49.1 Å². The molecule has 2 saturated heterocycles. The molecule has 0 bridgehead atoms. The third-order valence-corrected chi connectivity index (χ3v) is 6.50. The van der Waals surface area contributed by atoms with Crippen LogP contribution in [0.25, 0.3) is 5.57 Å². The minimum atomic E-state index is 0.140. The molecule has 0 saturated carbocycles. The molecule has 30 heavy (non-hydrogen) atoms. The number of ether oxygens (including phenoxy) is 2. The van der Waals surface area contributed by atoms with E-state index in [0.717, 1.165) is 44.6 Å². The topological polar surface area (TPSA) is 45.2 Å². The van der Waals surface area contributed by atoms with Crippen LogP contribution in [0.1, 0.15) is 38.7 Å². The minimum Gasteiger partial charge on any atom is -0.490 e. The number of carbonyl (C=O) groups excluding carboxylic acids is 1. The number of benzene rings is 1. The predicted molar refractivity (Wildman–Crippen MR) is 119 cm³/mol. The Labute approximate surface area is 180 Å². The van der Waals surface area contributed by atoms with E-state index >= 15 is 0 Å². The van der Waals surface area contributed by atoms with Gasteiger partial charge in [0.2, 0.25) is 0 Å². The summed E-state index contributed by atoms with van der Waals surface area (Å²) in [7, 11) is 0. The van der Waals surface area contributed by atoms with Gasteiger partial charge < -0.3 is 24.2 Å². The second-order valence-electron chi connectivity index (χ2n) is 8.78. The van der Waals surface area contributed by atoms with Gasteiger partial charge in [-0.2, -0.15) is 0 Å². The Hall–Kier alpha value is -2.05. The summed E-state index contributed by atoms with van der Waals surface area (Å²) in [5, 5.41) is 0. The Balaban J connectivity index is 1.28. The first-order chi connectivity index (χ1) is 14.6. The van der Waals surface area contributed by atoms with Gasteiger partial charge in [-0.3, -0.25) is 0 Å². The van der Waals surface area contributed by atoms with E-state index in [-0.39, 0.29) is 6.03 Å². The largest absolute Gasteiger partial charge is 0.490 e. The fraction of sp³-hybridized carbons (Fsp3) is 0.625. The van der Waals surface area contributed by atoms with Crippen LogP contribution in [0.2, 0.25) is 0 Å². The molecule has 0 aliphatic carbocycles. The van der Waals surface area contributed by atoms with Gasteiger partial charge in [-0.15, -0.1) is 0 Å². The minimum absolute atomic E-state index is 0.140. The number of morpholine rings is 1. The van der Waals surface area contributed by atoms with Crippen LogP contribution in [0.15, 0.2) is 30.3 Å². The van der Waals surface area contributed by atoms with Crippen molar-refractivity contribution in [2.75, 3.05) is 52.5 Å². The van der Waals surface area contributed by atoms with E-state index in [9.17, 15) is 4.79 Å². The normalized spacial score (nSPS) is 21.6. The molecular formula is C24H35N3O3. The summed E-state index contributed by atoms with van der Waals surface area (Å²) in [4.78, 5) is 19.0. The highest BCUT2D eigenvalue weighted by atomic mass is 16.5. The van der Waals surface area contributed by atoms with Gasteiger partial charge in [0.1, 0.15) is 11.9 Å². The fourth-order valence-electron chi connectivity index (χ4n) is 4.51. The highest BCUT2D eigenvalue weighted by Gasteiger charge is 2.25. The molecule has 0 spiro atoms. The number of urea groups is 1. The summed E-state index contributed by atoms with van der Waals surface area (Å²) < 4.78 is 11.6. The van der Waals surface area contributed by atoms with Crippen LogP contribution >= 0.6 is 0 Å². The van der Waals surface area contributed by atoms with E-state index in [1.165, 1.54) is 11.1 Å². The molecule has 1 aromatic rings. The summed E-state index contributed by atoms with van der Waals surface area (Å²) in [6.45, 7) is 10.9. The fourth-order valence-corrected chi connectivity index (χ4v) is 4.51. The molecule has 6 heteroatoms. The molecule has 0 radical (unpaired) electrons. The number of rotatable bonds is 4. The van der Waals surface area contributed by atoms with Gasteiger partial charge in [-0.05, 0) is 56.4 Å².